The van der Waals surface area contributed by atoms with Crippen LogP contribution in [0.3, 0.4) is 0 Å². The van der Waals surface area contributed by atoms with Gasteiger partial charge in [0.2, 0.25) is 0 Å². The van der Waals surface area contributed by atoms with Crippen LogP contribution < -0.4 is 4.74 Å². The first-order chi connectivity index (χ1) is 9.72. The minimum absolute atomic E-state index is 0.0836. The van der Waals surface area contributed by atoms with E-state index in [1.165, 1.54) is 0 Å². The van der Waals surface area contributed by atoms with Crippen LogP contribution in [-0.2, 0) is 0 Å². The number of hydrogen-bond donors (Lipinski definition) is 0. The third-order valence-electron chi connectivity index (χ3n) is 3.22. The maximum Gasteiger partial charge on any atom is 0.166 e. The van der Waals surface area contributed by atoms with Crippen molar-refractivity contribution in [2.24, 2.45) is 0 Å². The van der Waals surface area contributed by atoms with Gasteiger partial charge in [0.15, 0.2) is 5.78 Å². The van der Waals surface area contributed by atoms with Crippen molar-refractivity contribution in [3.63, 3.8) is 0 Å². The van der Waals surface area contributed by atoms with Crippen LogP contribution in [0.1, 0.15) is 22.3 Å². The number of Topliss-reactive ketones (excluding diaryl/α,β-unsaturated/α-hetero) is 1. The summed E-state index contributed by atoms with van der Waals surface area (Å²) in [4.78, 5) is 12.2. The SMILES string of the molecule is O=C(CC1C=Cc2ccccc2O1)c1cccc(Br)c1. The highest BCUT2D eigenvalue weighted by Crippen LogP contribution is 2.27. The lowest BCUT2D eigenvalue weighted by molar-refractivity contribution is 0.0935. The van der Waals surface area contributed by atoms with Crippen LogP contribution in [0.5, 0.6) is 5.75 Å². The van der Waals surface area contributed by atoms with Crippen molar-refractivity contribution in [3.8, 4) is 5.75 Å². The van der Waals surface area contributed by atoms with Crippen LogP contribution >= 0.6 is 15.9 Å². The smallest absolute Gasteiger partial charge is 0.166 e. The van der Waals surface area contributed by atoms with E-state index in [0.29, 0.717) is 12.0 Å². The van der Waals surface area contributed by atoms with E-state index >= 15 is 0 Å². The number of halogens is 1. The third kappa shape index (κ3) is 2.83. The number of carbonyl (C=O) groups is 1. The molecule has 0 N–H and O–H groups in total. The molecule has 2 aromatic carbocycles. The van der Waals surface area contributed by atoms with Crippen molar-refractivity contribution >= 4 is 27.8 Å². The van der Waals surface area contributed by atoms with E-state index in [1.807, 2.05) is 60.7 Å². The van der Waals surface area contributed by atoms with Crippen LogP contribution in [0.4, 0.5) is 0 Å². The zero-order chi connectivity index (χ0) is 13.9. The van der Waals surface area contributed by atoms with E-state index in [9.17, 15) is 4.79 Å². The Kier molecular flexibility index (Phi) is 3.70. The van der Waals surface area contributed by atoms with Gasteiger partial charge in [0, 0.05) is 15.6 Å². The molecule has 1 unspecified atom stereocenters. The maximum atomic E-state index is 12.2. The summed E-state index contributed by atoms with van der Waals surface area (Å²) >= 11 is 3.38. The number of carbonyl (C=O) groups excluding carboxylic acids is 1. The summed E-state index contributed by atoms with van der Waals surface area (Å²) in [6.45, 7) is 0. The Morgan fingerprint density at radius 2 is 2.00 bits per heavy atom. The maximum absolute atomic E-state index is 12.2. The van der Waals surface area contributed by atoms with E-state index < -0.39 is 0 Å². The van der Waals surface area contributed by atoms with Gasteiger partial charge in [-0.25, -0.2) is 0 Å². The highest BCUT2D eigenvalue weighted by molar-refractivity contribution is 9.10. The number of hydrogen-bond acceptors (Lipinski definition) is 2. The molecule has 0 saturated heterocycles. The van der Waals surface area contributed by atoms with Crippen molar-refractivity contribution in [2.75, 3.05) is 0 Å². The van der Waals surface area contributed by atoms with Gasteiger partial charge in [-0.05, 0) is 24.3 Å². The molecular weight excluding hydrogens is 316 g/mol. The van der Waals surface area contributed by atoms with Crippen LogP contribution in [0, 0.1) is 0 Å². The van der Waals surface area contributed by atoms with Crippen LogP contribution in [-0.4, -0.2) is 11.9 Å². The van der Waals surface area contributed by atoms with E-state index in [0.717, 1.165) is 15.8 Å². The molecule has 0 bridgehead atoms. The van der Waals surface area contributed by atoms with Gasteiger partial charge in [-0.3, -0.25) is 4.79 Å². The Hall–Kier alpha value is -1.87. The van der Waals surface area contributed by atoms with Gasteiger partial charge in [-0.1, -0.05) is 52.3 Å². The molecule has 1 atom stereocenters. The van der Waals surface area contributed by atoms with E-state index in [2.05, 4.69) is 15.9 Å². The summed E-state index contributed by atoms with van der Waals surface area (Å²) in [6, 6.07) is 15.3. The van der Waals surface area contributed by atoms with Crippen molar-refractivity contribution in [1.82, 2.24) is 0 Å². The quantitative estimate of drug-likeness (QED) is 0.775. The third-order valence-corrected chi connectivity index (χ3v) is 3.71. The van der Waals surface area contributed by atoms with Gasteiger partial charge >= 0.3 is 0 Å². The topological polar surface area (TPSA) is 26.3 Å². The summed E-state index contributed by atoms with van der Waals surface area (Å²) < 4.78 is 6.75. The Labute approximate surface area is 126 Å². The summed E-state index contributed by atoms with van der Waals surface area (Å²) in [5.74, 6) is 0.919. The molecule has 0 spiro atoms. The number of ketones is 1. The lowest BCUT2D eigenvalue weighted by Gasteiger charge is -2.20. The predicted octanol–water partition coefficient (Wildman–Crippen LogP) is 4.50. The van der Waals surface area contributed by atoms with Crippen molar-refractivity contribution in [3.05, 3.63) is 70.2 Å². The monoisotopic (exact) mass is 328 g/mol. The normalized spacial score (nSPS) is 16.4. The fraction of sp³-hybridized carbons (Fsp3) is 0.118. The first-order valence-corrected chi connectivity index (χ1v) is 7.24. The van der Waals surface area contributed by atoms with Gasteiger partial charge in [0.05, 0.1) is 6.42 Å². The highest BCUT2D eigenvalue weighted by Gasteiger charge is 2.18. The van der Waals surface area contributed by atoms with Gasteiger partial charge in [-0.2, -0.15) is 0 Å². The van der Waals surface area contributed by atoms with Crippen LogP contribution in [0.25, 0.3) is 6.08 Å². The minimum atomic E-state index is -0.198. The zero-order valence-electron chi connectivity index (χ0n) is 10.8. The highest BCUT2D eigenvalue weighted by atomic mass is 79.9. The molecule has 0 fully saturated rings. The summed E-state index contributed by atoms with van der Waals surface area (Å²) in [5.41, 5.74) is 1.76. The van der Waals surface area contributed by atoms with Crippen LogP contribution in [0.2, 0.25) is 0 Å². The van der Waals surface area contributed by atoms with Crippen molar-refractivity contribution < 1.29 is 9.53 Å². The Morgan fingerprint density at radius 1 is 1.15 bits per heavy atom. The molecule has 3 heteroatoms. The number of rotatable bonds is 3. The molecule has 1 aliphatic heterocycles. The van der Waals surface area contributed by atoms with Crippen LogP contribution in [0.15, 0.2) is 59.1 Å². The molecular formula is C17H13BrO2. The lowest BCUT2D eigenvalue weighted by atomic mass is 10.0. The minimum Gasteiger partial charge on any atom is -0.485 e. The Morgan fingerprint density at radius 3 is 2.85 bits per heavy atom. The molecule has 2 aromatic rings. The molecule has 1 heterocycles. The first kappa shape index (κ1) is 13.1. The fourth-order valence-electron chi connectivity index (χ4n) is 2.21. The fourth-order valence-corrected chi connectivity index (χ4v) is 2.61. The second kappa shape index (κ2) is 5.63. The van der Waals surface area contributed by atoms with Crippen molar-refractivity contribution in [2.45, 2.75) is 12.5 Å². The summed E-state index contributed by atoms with van der Waals surface area (Å²) in [7, 11) is 0. The van der Waals surface area contributed by atoms with E-state index in [-0.39, 0.29) is 11.9 Å². The van der Waals surface area contributed by atoms with Crippen molar-refractivity contribution in [1.29, 1.82) is 0 Å². The standard InChI is InChI=1S/C17H13BrO2/c18-14-6-3-5-13(10-14)16(19)11-15-9-8-12-4-1-2-7-17(12)20-15/h1-10,15H,11H2. The first-order valence-electron chi connectivity index (χ1n) is 6.45. The summed E-state index contributed by atoms with van der Waals surface area (Å²) in [6.07, 6.45) is 4.10. The zero-order valence-corrected chi connectivity index (χ0v) is 12.3. The molecule has 2 nitrogen and oxygen atoms in total. The molecule has 0 aromatic heterocycles. The summed E-state index contributed by atoms with van der Waals surface area (Å²) in [5, 5.41) is 0. The molecule has 0 aliphatic carbocycles. The second-order valence-corrected chi connectivity index (χ2v) is 5.61. The van der Waals surface area contributed by atoms with Gasteiger partial charge in [-0.15, -0.1) is 0 Å². The number of fused-ring (bicyclic) bond motifs is 1. The number of ether oxygens (including phenoxy) is 1. The molecule has 0 saturated carbocycles. The Balaban J connectivity index is 1.73. The van der Waals surface area contributed by atoms with Gasteiger partial charge < -0.3 is 4.74 Å². The molecule has 100 valence electrons. The molecule has 0 radical (unpaired) electrons. The van der Waals surface area contributed by atoms with E-state index in [4.69, 9.17) is 4.74 Å². The second-order valence-electron chi connectivity index (χ2n) is 4.69. The average Bonchev–Trinajstić information content (AvgIpc) is 2.47. The molecule has 1 aliphatic rings. The number of benzene rings is 2. The molecule has 3 rings (SSSR count). The van der Waals surface area contributed by atoms with Gasteiger partial charge in [0.25, 0.3) is 0 Å². The average molecular weight is 329 g/mol. The largest absolute Gasteiger partial charge is 0.485 e. The van der Waals surface area contributed by atoms with Gasteiger partial charge in [0.1, 0.15) is 11.9 Å². The predicted molar refractivity (Wildman–Crippen MR) is 83.0 cm³/mol. The molecule has 0 amide bonds. The van der Waals surface area contributed by atoms with E-state index in [1.54, 1.807) is 0 Å². The number of para-hydroxylation sites is 1. The Bertz CT molecular complexity index is 676. The molecule has 20 heavy (non-hydrogen) atoms. The lowest BCUT2D eigenvalue weighted by Crippen LogP contribution is -2.21.